The van der Waals surface area contributed by atoms with Gasteiger partial charge >= 0.3 is 6.18 Å². The summed E-state index contributed by atoms with van der Waals surface area (Å²) in [5.41, 5.74) is 4.65. The van der Waals surface area contributed by atoms with Crippen molar-refractivity contribution in [3.05, 3.63) is 34.4 Å². The Hall–Kier alpha value is -2.95. The molecule has 0 radical (unpaired) electrons. The van der Waals surface area contributed by atoms with Crippen molar-refractivity contribution in [3.8, 4) is 11.3 Å². The maximum Gasteiger partial charge on any atom is 0.434 e. The predicted octanol–water partition coefficient (Wildman–Crippen LogP) is 2.82. The molecule has 5 rings (SSSR count). The largest absolute Gasteiger partial charge is 0.434 e. The van der Waals surface area contributed by atoms with E-state index in [0.717, 1.165) is 38.3 Å². The highest BCUT2D eigenvalue weighted by Crippen LogP contribution is 2.45. The van der Waals surface area contributed by atoms with Gasteiger partial charge in [0.15, 0.2) is 11.3 Å². The Morgan fingerprint density at radius 3 is 2.68 bits per heavy atom. The van der Waals surface area contributed by atoms with E-state index < -0.39 is 17.4 Å². The van der Waals surface area contributed by atoms with Crippen molar-refractivity contribution < 1.29 is 13.2 Å². The molecule has 164 valence electrons. The topological polar surface area (TPSA) is 117 Å². The van der Waals surface area contributed by atoms with Gasteiger partial charge < -0.3 is 10.6 Å². The van der Waals surface area contributed by atoms with Crippen LogP contribution in [0.3, 0.4) is 0 Å². The Morgan fingerprint density at radius 2 is 2.00 bits per heavy atom. The number of alkyl halides is 3. The first-order chi connectivity index (χ1) is 14.8. The lowest BCUT2D eigenvalue weighted by molar-refractivity contribution is -0.140. The minimum atomic E-state index is -4.67. The summed E-state index contributed by atoms with van der Waals surface area (Å²) in [4.78, 5) is 25.4. The van der Waals surface area contributed by atoms with Crippen LogP contribution in [0.4, 0.5) is 19.1 Å². The Labute approximate surface area is 175 Å². The summed E-state index contributed by atoms with van der Waals surface area (Å²) in [6.07, 6.45) is 1.56. The second-order valence-electron chi connectivity index (χ2n) is 8.43. The zero-order valence-electron chi connectivity index (χ0n) is 16.7. The molecule has 2 aliphatic rings. The van der Waals surface area contributed by atoms with Crippen molar-refractivity contribution in [2.45, 2.75) is 44.3 Å². The molecule has 0 amide bonds. The zero-order valence-corrected chi connectivity index (χ0v) is 16.7. The highest BCUT2D eigenvalue weighted by molar-refractivity contribution is 5.91. The number of H-pyrrole nitrogens is 2. The van der Waals surface area contributed by atoms with Gasteiger partial charge in [0.05, 0.1) is 5.69 Å². The van der Waals surface area contributed by atoms with Gasteiger partial charge in [-0.25, -0.2) is 0 Å². The molecule has 1 saturated carbocycles. The lowest BCUT2D eigenvalue weighted by Crippen LogP contribution is -2.47. The monoisotopic (exact) mass is 433 g/mol. The number of pyridine rings is 1. The maximum atomic E-state index is 13.4. The van der Waals surface area contributed by atoms with Crippen LogP contribution in [0.5, 0.6) is 0 Å². The van der Waals surface area contributed by atoms with Gasteiger partial charge in [0, 0.05) is 30.9 Å². The van der Waals surface area contributed by atoms with E-state index in [2.05, 4.69) is 25.1 Å². The summed E-state index contributed by atoms with van der Waals surface area (Å²) in [5.74, 6) is 0.374. The van der Waals surface area contributed by atoms with Gasteiger partial charge in [0.1, 0.15) is 5.39 Å². The smallest absolute Gasteiger partial charge is 0.342 e. The number of rotatable bonds is 2. The van der Waals surface area contributed by atoms with Crippen LogP contribution in [-0.4, -0.2) is 44.3 Å². The Kier molecular flexibility index (Phi) is 4.54. The number of piperidine rings is 1. The molecule has 1 atom stereocenters. The van der Waals surface area contributed by atoms with Crippen molar-refractivity contribution in [1.29, 1.82) is 0 Å². The van der Waals surface area contributed by atoms with E-state index in [0.29, 0.717) is 19.0 Å². The van der Waals surface area contributed by atoms with Crippen LogP contribution in [0.1, 0.15) is 37.8 Å². The molecule has 11 heteroatoms. The molecule has 8 nitrogen and oxygen atoms in total. The molecule has 0 aromatic carbocycles. The fourth-order valence-corrected chi connectivity index (χ4v) is 5.05. The molecule has 3 aromatic heterocycles. The third kappa shape index (κ3) is 3.27. The van der Waals surface area contributed by atoms with Gasteiger partial charge in [-0.1, -0.05) is 6.42 Å². The van der Waals surface area contributed by atoms with Gasteiger partial charge in [-0.05, 0) is 43.2 Å². The van der Waals surface area contributed by atoms with Crippen LogP contribution in [0.25, 0.3) is 22.3 Å². The van der Waals surface area contributed by atoms with E-state index in [-0.39, 0.29) is 33.7 Å². The van der Waals surface area contributed by atoms with Gasteiger partial charge in [-0.3, -0.25) is 19.9 Å². The van der Waals surface area contributed by atoms with Crippen molar-refractivity contribution in [2.75, 3.05) is 18.0 Å². The molecule has 2 fully saturated rings. The van der Waals surface area contributed by atoms with Crippen LogP contribution in [0.2, 0.25) is 0 Å². The van der Waals surface area contributed by atoms with Gasteiger partial charge in [0.25, 0.3) is 5.56 Å². The number of aromatic nitrogens is 5. The van der Waals surface area contributed by atoms with Gasteiger partial charge in [0.2, 0.25) is 5.95 Å². The highest BCUT2D eigenvalue weighted by atomic mass is 19.4. The number of nitrogens with two attached hydrogens (primary N) is 1. The third-order valence-corrected chi connectivity index (χ3v) is 6.79. The molecule has 4 N–H and O–H groups in total. The Bertz CT molecular complexity index is 1180. The average molecular weight is 433 g/mol. The van der Waals surface area contributed by atoms with Gasteiger partial charge in [-0.15, -0.1) is 0 Å². The van der Waals surface area contributed by atoms with Crippen molar-refractivity contribution in [2.24, 2.45) is 11.1 Å². The van der Waals surface area contributed by atoms with Crippen LogP contribution < -0.4 is 16.2 Å². The van der Waals surface area contributed by atoms with E-state index in [4.69, 9.17) is 5.73 Å². The summed E-state index contributed by atoms with van der Waals surface area (Å²) in [6.45, 7) is 1.42. The first-order valence-corrected chi connectivity index (χ1v) is 10.3. The zero-order chi connectivity index (χ0) is 21.8. The van der Waals surface area contributed by atoms with E-state index >= 15 is 0 Å². The minimum absolute atomic E-state index is 0.0199. The van der Waals surface area contributed by atoms with Crippen LogP contribution >= 0.6 is 0 Å². The number of aromatic amines is 2. The molecule has 31 heavy (non-hydrogen) atoms. The standard InChI is InChI=1S/C20H22F3N7O/c21-20(22,23)15-11(3-2-8-25-15)14-13-16(29-28-14)26-18(27-17(13)31)30-9-6-19(7-10-30)5-1-4-12(19)24/h2-3,8,12H,1,4-7,9-10,24H2,(H2,26,27,28,29,31). The Morgan fingerprint density at radius 1 is 1.23 bits per heavy atom. The minimum Gasteiger partial charge on any atom is -0.342 e. The SMILES string of the molecule is NC1CCCC12CCN(c1nc3n[nH]c(-c4cccnc4C(F)(F)F)c3c(=O)[nH]1)CC2. The lowest BCUT2D eigenvalue weighted by Gasteiger charge is -2.42. The average Bonchev–Trinajstić information content (AvgIpc) is 3.32. The summed E-state index contributed by atoms with van der Waals surface area (Å²) < 4.78 is 40.2. The molecule has 0 bridgehead atoms. The third-order valence-electron chi connectivity index (χ3n) is 6.79. The molecule has 4 heterocycles. The molecular weight excluding hydrogens is 411 g/mol. The number of fused-ring (bicyclic) bond motifs is 1. The molecule has 1 unspecified atom stereocenters. The molecule has 1 saturated heterocycles. The van der Waals surface area contributed by atoms with Crippen LogP contribution in [0.15, 0.2) is 23.1 Å². The molecular formula is C20H22F3N7O. The number of nitrogens with one attached hydrogen (secondary N) is 2. The molecule has 3 aromatic rings. The summed E-state index contributed by atoms with van der Waals surface area (Å²) in [6, 6.07) is 2.84. The van der Waals surface area contributed by atoms with Crippen molar-refractivity contribution >= 4 is 17.0 Å². The quantitative estimate of drug-likeness (QED) is 0.572. The Balaban J connectivity index is 1.49. The van der Waals surface area contributed by atoms with Gasteiger partial charge in [-0.2, -0.15) is 23.3 Å². The first kappa shape index (κ1) is 20.0. The van der Waals surface area contributed by atoms with Crippen molar-refractivity contribution in [1.82, 2.24) is 25.1 Å². The fraction of sp³-hybridized carbons (Fsp3) is 0.500. The molecule has 1 aliphatic heterocycles. The van der Waals surface area contributed by atoms with Crippen LogP contribution in [-0.2, 0) is 6.18 Å². The van der Waals surface area contributed by atoms with Crippen LogP contribution in [0, 0.1) is 5.41 Å². The van der Waals surface area contributed by atoms with E-state index in [1.807, 2.05) is 4.90 Å². The normalized spacial score (nSPS) is 21.3. The fourth-order valence-electron chi connectivity index (χ4n) is 5.05. The van der Waals surface area contributed by atoms with E-state index in [9.17, 15) is 18.0 Å². The number of hydrogen-bond acceptors (Lipinski definition) is 6. The molecule has 1 aliphatic carbocycles. The second-order valence-corrected chi connectivity index (χ2v) is 8.43. The number of nitrogens with zero attached hydrogens (tertiary/aromatic N) is 4. The lowest BCUT2D eigenvalue weighted by atomic mass is 9.74. The van der Waals surface area contributed by atoms with E-state index in [1.54, 1.807) is 0 Å². The summed E-state index contributed by atoms with van der Waals surface area (Å²) in [7, 11) is 0. The predicted molar refractivity (Wildman–Crippen MR) is 108 cm³/mol. The second kappa shape index (κ2) is 7.04. The molecule has 1 spiro atoms. The maximum absolute atomic E-state index is 13.4. The van der Waals surface area contributed by atoms with E-state index in [1.165, 1.54) is 12.1 Å². The highest BCUT2D eigenvalue weighted by Gasteiger charge is 2.43. The summed E-state index contributed by atoms with van der Waals surface area (Å²) >= 11 is 0. The number of halogens is 3. The first-order valence-electron chi connectivity index (χ1n) is 10.3. The summed E-state index contributed by atoms with van der Waals surface area (Å²) in [5, 5.41) is 6.55. The number of anilines is 1. The number of hydrogen-bond donors (Lipinski definition) is 3. The van der Waals surface area contributed by atoms with Crippen molar-refractivity contribution in [3.63, 3.8) is 0 Å².